The molecule has 10 heteroatoms. The van der Waals surface area contributed by atoms with Gasteiger partial charge in [0.05, 0.1) is 5.56 Å². The first-order chi connectivity index (χ1) is 15.5. The Bertz CT molecular complexity index is 1070. The van der Waals surface area contributed by atoms with Gasteiger partial charge >= 0.3 is 12.1 Å². The lowest BCUT2D eigenvalue weighted by atomic mass is 10.0. The number of aliphatic carboxylic acids is 1. The van der Waals surface area contributed by atoms with Crippen molar-refractivity contribution in [3.63, 3.8) is 0 Å². The molecule has 4 rings (SSSR count). The number of halogens is 3. The molecule has 2 fully saturated rings. The molecule has 3 atom stereocenters. The third-order valence-corrected chi connectivity index (χ3v) is 6.23. The normalized spacial score (nSPS) is 23.6. The standard InChI is InChI=1S/C23H21F3N2O5/c1-22-10-18(21(31)32)28(19(22)11-22)20(30)12-27(13-29)15-4-8-17(9-5-15)33-16-6-2-14(3-7-16)23(24,25)26/h2-9,13,18-19H,10-12H2,1H3,(H,31,32)/t18-,19-,22+/m0/s1. The van der Waals surface area contributed by atoms with E-state index in [0.717, 1.165) is 18.6 Å². The van der Waals surface area contributed by atoms with Gasteiger partial charge in [-0.1, -0.05) is 6.92 Å². The molecule has 1 saturated heterocycles. The number of benzene rings is 2. The predicted molar refractivity (Wildman–Crippen MR) is 111 cm³/mol. The van der Waals surface area contributed by atoms with Gasteiger partial charge in [0.25, 0.3) is 0 Å². The fourth-order valence-electron chi connectivity index (χ4n) is 4.32. The van der Waals surface area contributed by atoms with Gasteiger partial charge in [0.15, 0.2) is 0 Å². The van der Waals surface area contributed by atoms with Crippen molar-refractivity contribution in [1.82, 2.24) is 4.90 Å². The smallest absolute Gasteiger partial charge is 0.416 e. The molecule has 2 aromatic rings. The molecule has 0 aromatic heterocycles. The lowest BCUT2D eigenvalue weighted by Crippen LogP contribution is -2.47. The van der Waals surface area contributed by atoms with Crippen molar-refractivity contribution in [1.29, 1.82) is 0 Å². The van der Waals surface area contributed by atoms with Gasteiger partial charge in [-0.25, -0.2) is 4.79 Å². The van der Waals surface area contributed by atoms with Crippen molar-refractivity contribution in [2.75, 3.05) is 11.4 Å². The van der Waals surface area contributed by atoms with Crippen molar-refractivity contribution < 1.29 is 37.4 Å². The highest BCUT2D eigenvalue weighted by Gasteiger charge is 2.64. The maximum absolute atomic E-state index is 12.8. The van der Waals surface area contributed by atoms with Gasteiger partial charge in [-0.05, 0) is 66.8 Å². The Hall–Kier alpha value is -3.56. The van der Waals surface area contributed by atoms with Gasteiger partial charge in [-0.15, -0.1) is 0 Å². The van der Waals surface area contributed by atoms with E-state index in [2.05, 4.69) is 0 Å². The van der Waals surface area contributed by atoms with Crippen LogP contribution in [0, 0.1) is 5.41 Å². The van der Waals surface area contributed by atoms with Crippen molar-refractivity contribution in [2.45, 2.75) is 38.0 Å². The molecule has 33 heavy (non-hydrogen) atoms. The number of likely N-dealkylation sites (tertiary alicyclic amines) is 1. The second-order valence-corrected chi connectivity index (χ2v) is 8.58. The van der Waals surface area contributed by atoms with Gasteiger partial charge in [0.2, 0.25) is 12.3 Å². The van der Waals surface area contributed by atoms with E-state index in [0.29, 0.717) is 24.3 Å². The number of alkyl halides is 3. The number of fused-ring (bicyclic) bond motifs is 1. The summed E-state index contributed by atoms with van der Waals surface area (Å²) in [5, 5.41) is 9.45. The highest BCUT2D eigenvalue weighted by molar-refractivity contribution is 5.92. The number of anilines is 1. The second kappa shape index (κ2) is 8.09. The fraction of sp³-hybridized carbons (Fsp3) is 0.348. The summed E-state index contributed by atoms with van der Waals surface area (Å²) in [5.74, 6) is -0.959. The molecule has 2 amide bonds. The van der Waals surface area contributed by atoms with E-state index in [1.165, 1.54) is 46.2 Å². The Morgan fingerprint density at radius 1 is 1.12 bits per heavy atom. The van der Waals surface area contributed by atoms with Crippen LogP contribution < -0.4 is 9.64 Å². The highest BCUT2D eigenvalue weighted by atomic mass is 19.4. The SMILES string of the molecule is C[C@@]12C[C@@H]1N(C(=O)CN(C=O)c1ccc(Oc3ccc(C(F)(F)F)cc3)cc1)[C@H](C(=O)O)C2. The van der Waals surface area contributed by atoms with Gasteiger partial charge in [0, 0.05) is 11.7 Å². The lowest BCUT2D eigenvalue weighted by Gasteiger charge is -2.27. The monoisotopic (exact) mass is 462 g/mol. The number of piperidine rings is 1. The third-order valence-electron chi connectivity index (χ3n) is 6.23. The molecule has 2 aromatic carbocycles. The maximum Gasteiger partial charge on any atom is 0.416 e. The van der Waals surface area contributed by atoms with E-state index >= 15 is 0 Å². The molecule has 1 aliphatic carbocycles. The molecule has 0 spiro atoms. The Morgan fingerprint density at radius 2 is 1.70 bits per heavy atom. The Labute approximate surface area is 187 Å². The molecule has 174 valence electrons. The first kappa shape index (κ1) is 22.6. The number of hydrogen-bond donors (Lipinski definition) is 1. The minimum absolute atomic E-state index is 0.126. The largest absolute Gasteiger partial charge is 0.480 e. The molecule has 0 bridgehead atoms. The van der Waals surface area contributed by atoms with Crippen LogP contribution in [-0.4, -0.2) is 46.9 Å². The number of carboxylic acids is 1. The molecule has 2 aliphatic rings. The van der Waals surface area contributed by atoms with E-state index in [-0.39, 0.29) is 23.8 Å². The van der Waals surface area contributed by atoms with Crippen LogP contribution in [0.25, 0.3) is 0 Å². The van der Waals surface area contributed by atoms with Crippen molar-refractivity contribution in [3.8, 4) is 11.5 Å². The van der Waals surface area contributed by atoms with E-state index in [4.69, 9.17) is 4.74 Å². The Morgan fingerprint density at radius 3 is 2.21 bits per heavy atom. The maximum atomic E-state index is 12.8. The van der Waals surface area contributed by atoms with E-state index in [1.807, 2.05) is 6.92 Å². The number of hydrogen-bond acceptors (Lipinski definition) is 4. The van der Waals surface area contributed by atoms with Gasteiger partial charge < -0.3 is 19.6 Å². The summed E-state index contributed by atoms with van der Waals surface area (Å²) < 4.78 is 43.5. The van der Waals surface area contributed by atoms with Crippen LogP contribution >= 0.6 is 0 Å². The van der Waals surface area contributed by atoms with E-state index in [1.54, 1.807) is 0 Å². The highest BCUT2D eigenvalue weighted by Crippen LogP contribution is 2.59. The number of carbonyl (C=O) groups excluding carboxylic acids is 2. The topological polar surface area (TPSA) is 87.2 Å². The van der Waals surface area contributed by atoms with E-state index in [9.17, 15) is 32.7 Å². The van der Waals surface area contributed by atoms with Gasteiger partial charge in [-0.2, -0.15) is 13.2 Å². The number of amides is 2. The van der Waals surface area contributed by atoms with Crippen molar-refractivity contribution in [3.05, 3.63) is 54.1 Å². The number of rotatable bonds is 7. The van der Waals surface area contributed by atoms with Crippen LogP contribution in [0.15, 0.2) is 48.5 Å². The average molecular weight is 462 g/mol. The third kappa shape index (κ3) is 4.50. The fourth-order valence-corrected chi connectivity index (χ4v) is 4.32. The Balaban J connectivity index is 1.41. The number of nitrogens with zero attached hydrogens (tertiary/aromatic N) is 2. The van der Waals surface area contributed by atoms with Crippen LogP contribution in [0.2, 0.25) is 0 Å². The lowest BCUT2D eigenvalue weighted by molar-refractivity contribution is -0.148. The average Bonchev–Trinajstić information content (AvgIpc) is 3.32. The summed E-state index contributed by atoms with van der Waals surface area (Å²) in [5.41, 5.74) is -0.573. The first-order valence-electron chi connectivity index (χ1n) is 10.2. The Kier molecular flexibility index (Phi) is 5.55. The van der Waals surface area contributed by atoms with Crippen LogP contribution in [0.1, 0.15) is 25.3 Å². The van der Waals surface area contributed by atoms with E-state index < -0.39 is 29.7 Å². The molecule has 1 aliphatic heterocycles. The summed E-state index contributed by atoms with van der Waals surface area (Å²) >= 11 is 0. The van der Waals surface area contributed by atoms with Gasteiger partial charge in [-0.3, -0.25) is 9.59 Å². The van der Waals surface area contributed by atoms with Crippen LogP contribution in [0.3, 0.4) is 0 Å². The number of carboxylic acid groups (broad SMARTS) is 1. The molecule has 1 N–H and O–H groups in total. The van der Waals surface area contributed by atoms with Crippen molar-refractivity contribution >= 4 is 24.0 Å². The summed E-state index contributed by atoms with van der Waals surface area (Å²) in [6, 6.07) is 9.30. The molecule has 7 nitrogen and oxygen atoms in total. The molecule has 0 unspecified atom stereocenters. The summed E-state index contributed by atoms with van der Waals surface area (Å²) in [4.78, 5) is 38.6. The number of ether oxygens (including phenoxy) is 1. The summed E-state index contributed by atoms with van der Waals surface area (Å²) in [6.45, 7) is 1.65. The quantitative estimate of drug-likeness (QED) is 0.631. The first-order valence-corrected chi connectivity index (χ1v) is 10.2. The zero-order chi connectivity index (χ0) is 24.0. The van der Waals surface area contributed by atoms with Crippen LogP contribution in [0.4, 0.5) is 18.9 Å². The molecule has 1 saturated carbocycles. The molecule has 1 heterocycles. The van der Waals surface area contributed by atoms with Crippen molar-refractivity contribution in [2.24, 2.45) is 5.41 Å². The molecule has 0 radical (unpaired) electrons. The summed E-state index contributed by atoms with van der Waals surface area (Å²) in [6.07, 6.45) is -2.80. The molecular weight excluding hydrogens is 441 g/mol. The van der Waals surface area contributed by atoms with Gasteiger partial charge in [0.1, 0.15) is 24.1 Å². The summed E-state index contributed by atoms with van der Waals surface area (Å²) in [7, 11) is 0. The zero-order valence-corrected chi connectivity index (χ0v) is 17.6. The molecular formula is C23H21F3N2O5. The number of carbonyl (C=O) groups is 3. The van der Waals surface area contributed by atoms with Crippen LogP contribution in [-0.2, 0) is 20.6 Å². The second-order valence-electron chi connectivity index (χ2n) is 8.58. The minimum Gasteiger partial charge on any atom is -0.480 e. The zero-order valence-electron chi connectivity index (χ0n) is 17.6. The predicted octanol–water partition coefficient (Wildman–Crippen LogP) is 3.92. The van der Waals surface area contributed by atoms with Crippen LogP contribution in [0.5, 0.6) is 11.5 Å². The minimum atomic E-state index is -4.44.